The SMILES string of the molecule is Cc1cc(C)n(-c2ccc(NC(=O)N[C@H](C)CCO)cc2F)n1. The quantitative estimate of drug-likeness (QED) is 0.792. The van der Waals surface area contributed by atoms with E-state index >= 15 is 0 Å². The van der Waals surface area contributed by atoms with Crippen molar-refractivity contribution in [1.29, 1.82) is 0 Å². The van der Waals surface area contributed by atoms with E-state index in [0.29, 0.717) is 17.8 Å². The molecule has 0 fully saturated rings. The molecule has 0 saturated heterocycles. The van der Waals surface area contributed by atoms with Gasteiger partial charge in [0.2, 0.25) is 0 Å². The number of anilines is 1. The predicted octanol–water partition coefficient (Wildman–Crippen LogP) is 2.52. The normalized spacial score (nSPS) is 12.0. The zero-order chi connectivity index (χ0) is 17.0. The van der Waals surface area contributed by atoms with Crippen molar-refractivity contribution in [3.63, 3.8) is 0 Å². The van der Waals surface area contributed by atoms with Gasteiger partial charge >= 0.3 is 6.03 Å². The van der Waals surface area contributed by atoms with Gasteiger partial charge in [-0.1, -0.05) is 0 Å². The van der Waals surface area contributed by atoms with Gasteiger partial charge in [0.05, 0.1) is 5.69 Å². The van der Waals surface area contributed by atoms with Gasteiger partial charge in [0.25, 0.3) is 0 Å². The molecule has 2 aromatic rings. The van der Waals surface area contributed by atoms with Crippen LogP contribution >= 0.6 is 0 Å². The summed E-state index contributed by atoms with van der Waals surface area (Å²) in [5.41, 5.74) is 2.32. The summed E-state index contributed by atoms with van der Waals surface area (Å²) in [6.45, 7) is 5.46. The molecule has 1 heterocycles. The Hall–Kier alpha value is -2.41. The second kappa shape index (κ2) is 7.23. The molecule has 1 aromatic carbocycles. The molecular formula is C16H21FN4O2. The Balaban J connectivity index is 2.10. The molecule has 3 N–H and O–H groups in total. The van der Waals surface area contributed by atoms with E-state index in [1.54, 1.807) is 19.1 Å². The lowest BCUT2D eigenvalue weighted by atomic mass is 10.2. The van der Waals surface area contributed by atoms with Crippen molar-refractivity contribution in [3.8, 4) is 5.69 Å². The molecule has 7 heteroatoms. The first-order chi connectivity index (χ1) is 10.9. The Morgan fingerprint density at radius 1 is 1.39 bits per heavy atom. The summed E-state index contributed by atoms with van der Waals surface area (Å²) >= 11 is 0. The van der Waals surface area contributed by atoms with Gasteiger partial charge in [-0.15, -0.1) is 0 Å². The van der Waals surface area contributed by atoms with Gasteiger partial charge < -0.3 is 15.7 Å². The van der Waals surface area contributed by atoms with Crippen LogP contribution in [0.2, 0.25) is 0 Å². The van der Waals surface area contributed by atoms with Crippen molar-refractivity contribution in [3.05, 3.63) is 41.5 Å². The average molecular weight is 320 g/mol. The lowest BCUT2D eigenvalue weighted by molar-refractivity contribution is 0.241. The van der Waals surface area contributed by atoms with Crippen molar-refractivity contribution >= 4 is 11.7 Å². The summed E-state index contributed by atoms with van der Waals surface area (Å²) in [5, 5.41) is 18.3. The highest BCUT2D eigenvalue weighted by molar-refractivity contribution is 5.89. The highest BCUT2D eigenvalue weighted by Crippen LogP contribution is 2.19. The number of nitrogens with zero attached hydrogens (tertiary/aromatic N) is 2. The van der Waals surface area contributed by atoms with Crippen LogP contribution in [0.1, 0.15) is 24.7 Å². The van der Waals surface area contributed by atoms with Crippen molar-refractivity contribution < 1.29 is 14.3 Å². The maximum absolute atomic E-state index is 14.3. The number of amides is 2. The van der Waals surface area contributed by atoms with E-state index < -0.39 is 11.8 Å². The highest BCUT2D eigenvalue weighted by atomic mass is 19.1. The third-order valence-corrected chi connectivity index (χ3v) is 3.38. The molecule has 23 heavy (non-hydrogen) atoms. The van der Waals surface area contributed by atoms with Crippen molar-refractivity contribution in [2.45, 2.75) is 33.2 Å². The molecule has 1 aromatic heterocycles. The Labute approximate surface area is 134 Å². The number of halogens is 1. The lowest BCUT2D eigenvalue weighted by Crippen LogP contribution is -2.36. The third kappa shape index (κ3) is 4.29. The van der Waals surface area contributed by atoms with Crippen LogP contribution < -0.4 is 10.6 Å². The number of hydrogen-bond donors (Lipinski definition) is 3. The van der Waals surface area contributed by atoms with E-state index in [1.807, 2.05) is 19.9 Å². The number of carbonyl (C=O) groups is 1. The number of rotatable bonds is 5. The fourth-order valence-electron chi connectivity index (χ4n) is 2.29. The predicted molar refractivity (Wildman–Crippen MR) is 86.3 cm³/mol. The summed E-state index contributed by atoms with van der Waals surface area (Å²) in [6.07, 6.45) is 0.457. The third-order valence-electron chi connectivity index (χ3n) is 3.38. The number of hydrogen-bond acceptors (Lipinski definition) is 3. The molecule has 2 rings (SSSR count). The van der Waals surface area contributed by atoms with E-state index in [-0.39, 0.29) is 12.6 Å². The van der Waals surface area contributed by atoms with E-state index in [0.717, 1.165) is 11.4 Å². The smallest absolute Gasteiger partial charge is 0.319 e. The number of urea groups is 1. The van der Waals surface area contributed by atoms with Crippen LogP contribution in [-0.2, 0) is 0 Å². The number of aryl methyl sites for hydroxylation is 2. The standard InChI is InChI=1S/C16H21FN4O2/c1-10(6-7-22)18-16(23)19-13-4-5-15(14(17)9-13)21-12(3)8-11(2)20-21/h4-5,8-10,22H,6-7H2,1-3H3,(H2,18,19,23)/t10-/m1/s1. The van der Waals surface area contributed by atoms with E-state index in [2.05, 4.69) is 15.7 Å². The van der Waals surface area contributed by atoms with Crippen LogP contribution in [0.25, 0.3) is 5.69 Å². The summed E-state index contributed by atoms with van der Waals surface area (Å²) in [4.78, 5) is 11.8. The minimum absolute atomic E-state index is 0.00654. The molecule has 1 atom stereocenters. The number of carbonyl (C=O) groups excluding carboxylic acids is 1. The second-order valence-electron chi connectivity index (χ2n) is 5.52. The summed E-state index contributed by atoms with van der Waals surface area (Å²) in [7, 11) is 0. The molecule has 0 aliphatic heterocycles. The summed E-state index contributed by atoms with van der Waals surface area (Å²) < 4.78 is 15.8. The Morgan fingerprint density at radius 2 is 2.13 bits per heavy atom. The van der Waals surface area contributed by atoms with Crippen LogP contribution in [-0.4, -0.2) is 33.6 Å². The van der Waals surface area contributed by atoms with Gasteiger partial charge in [-0.25, -0.2) is 13.9 Å². The number of nitrogens with one attached hydrogen (secondary N) is 2. The topological polar surface area (TPSA) is 79.2 Å². The number of aliphatic hydroxyl groups is 1. The number of benzene rings is 1. The Morgan fingerprint density at radius 3 is 2.70 bits per heavy atom. The zero-order valence-corrected chi connectivity index (χ0v) is 13.4. The monoisotopic (exact) mass is 320 g/mol. The van der Waals surface area contributed by atoms with Crippen molar-refractivity contribution in [2.24, 2.45) is 0 Å². The molecule has 0 unspecified atom stereocenters. The minimum Gasteiger partial charge on any atom is -0.396 e. The minimum atomic E-state index is -0.475. The molecular weight excluding hydrogens is 299 g/mol. The van der Waals surface area contributed by atoms with Crippen molar-refractivity contribution in [2.75, 3.05) is 11.9 Å². The Bertz CT molecular complexity index is 699. The number of aromatic nitrogens is 2. The molecule has 0 spiro atoms. The fraction of sp³-hybridized carbons (Fsp3) is 0.375. The first kappa shape index (κ1) is 17.0. The zero-order valence-electron chi connectivity index (χ0n) is 13.4. The van der Waals surface area contributed by atoms with E-state index in [1.165, 1.54) is 10.7 Å². The first-order valence-electron chi connectivity index (χ1n) is 7.42. The number of aliphatic hydroxyl groups excluding tert-OH is 1. The average Bonchev–Trinajstić information content (AvgIpc) is 2.77. The van der Waals surface area contributed by atoms with Gasteiger partial charge in [0.15, 0.2) is 5.82 Å². The molecule has 0 radical (unpaired) electrons. The maximum Gasteiger partial charge on any atom is 0.319 e. The fourth-order valence-corrected chi connectivity index (χ4v) is 2.29. The van der Waals surface area contributed by atoms with Crippen LogP contribution in [0.3, 0.4) is 0 Å². The molecule has 6 nitrogen and oxygen atoms in total. The van der Waals surface area contributed by atoms with Gasteiger partial charge in [0, 0.05) is 24.0 Å². The summed E-state index contributed by atoms with van der Waals surface area (Å²) in [6, 6.07) is 5.69. The van der Waals surface area contributed by atoms with Gasteiger partial charge in [-0.05, 0) is 51.5 Å². The van der Waals surface area contributed by atoms with Gasteiger partial charge in [-0.2, -0.15) is 5.10 Å². The molecule has 0 aliphatic rings. The lowest BCUT2D eigenvalue weighted by Gasteiger charge is -2.14. The largest absolute Gasteiger partial charge is 0.396 e. The summed E-state index contributed by atoms with van der Waals surface area (Å²) in [5.74, 6) is -0.475. The molecule has 0 aliphatic carbocycles. The van der Waals surface area contributed by atoms with Crippen LogP contribution in [0, 0.1) is 19.7 Å². The van der Waals surface area contributed by atoms with Gasteiger partial charge in [0.1, 0.15) is 5.69 Å². The highest BCUT2D eigenvalue weighted by Gasteiger charge is 2.12. The molecule has 2 amide bonds. The molecule has 0 bridgehead atoms. The molecule has 0 saturated carbocycles. The van der Waals surface area contributed by atoms with Crippen LogP contribution in [0.5, 0.6) is 0 Å². The van der Waals surface area contributed by atoms with Gasteiger partial charge in [-0.3, -0.25) is 0 Å². The van der Waals surface area contributed by atoms with E-state index in [9.17, 15) is 9.18 Å². The van der Waals surface area contributed by atoms with Crippen LogP contribution in [0.4, 0.5) is 14.9 Å². The van der Waals surface area contributed by atoms with Crippen molar-refractivity contribution in [1.82, 2.24) is 15.1 Å². The second-order valence-corrected chi connectivity index (χ2v) is 5.52. The maximum atomic E-state index is 14.3. The Kier molecular flexibility index (Phi) is 5.33. The van der Waals surface area contributed by atoms with Crippen LogP contribution in [0.15, 0.2) is 24.3 Å². The van der Waals surface area contributed by atoms with E-state index in [4.69, 9.17) is 5.11 Å². The first-order valence-corrected chi connectivity index (χ1v) is 7.42. The molecule has 124 valence electrons.